The normalized spacial score (nSPS) is 36.3. The Hall–Kier alpha value is -0.0800. The van der Waals surface area contributed by atoms with Crippen LogP contribution in [-0.4, -0.2) is 35.7 Å². The van der Waals surface area contributed by atoms with Crippen LogP contribution >= 0.6 is 0 Å². The van der Waals surface area contributed by atoms with Crippen LogP contribution in [0, 0.1) is 0 Å². The lowest BCUT2D eigenvalue weighted by molar-refractivity contribution is 0.0234. The fourth-order valence-corrected chi connectivity index (χ4v) is 1.79. The fourth-order valence-electron chi connectivity index (χ4n) is 1.79. The SMILES string of the molecule is CCC1C(O)CCCN1C. The first-order valence-electron chi connectivity index (χ1n) is 4.14. The largest absolute Gasteiger partial charge is 0.391 e. The third kappa shape index (κ3) is 1.50. The zero-order chi connectivity index (χ0) is 7.56. The summed E-state index contributed by atoms with van der Waals surface area (Å²) >= 11 is 0. The number of piperidine rings is 1. The van der Waals surface area contributed by atoms with Gasteiger partial charge in [-0.2, -0.15) is 0 Å². The summed E-state index contributed by atoms with van der Waals surface area (Å²) in [7, 11) is 2.09. The van der Waals surface area contributed by atoms with E-state index in [2.05, 4.69) is 18.9 Å². The molecule has 1 saturated heterocycles. The van der Waals surface area contributed by atoms with Crippen LogP contribution in [0.5, 0.6) is 0 Å². The maximum Gasteiger partial charge on any atom is 0.0695 e. The zero-order valence-corrected chi connectivity index (χ0v) is 6.88. The minimum atomic E-state index is -0.0799. The third-order valence-corrected chi connectivity index (χ3v) is 2.44. The standard InChI is InChI=1S/C8H17NO/c1-3-7-8(10)5-4-6-9(7)2/h7-8,10H,3-6H2,1-2H3. The van der Waals surface area contributed by atoms with Crippen molar-refractivity contribution in [3.63, 3.8) is 0 Å². The molecule has 2 atom stereocenters. The predicted molar refractivity (Wildman–Crippen MR) is 41.9 cm³/mol. The summed E-state index contributed by atoms with van der Waals surface area (Å²) in [5.74, 6) is 0. The molecule has 2 heteroatoms. The topological polar surface area (TPSA) is 23.5 Å². The molecule has 1 heterocycles. The van der Waals surface area contributed by atoms with E-state index in [-0.39, 0.29) is 6.10 Å². The Balaban J connectivity index is 2.45. The average molecular weight is 143 g/mol. The Morgan fingerprint density at radius 2 is 2.30 bits per heavy atom. The highest BCUT2D eigenvalue weighted by atomic mass is 16.3. The van der Waals surface area contributed by atoms with Gasteiger partial charge in [-0.05, 0) is 32.9 Å². The molecule has 60 valence electrons. The lowest BCUT2D eigenvalue weighted by Crippen LogP contribution is -2.45. The highest BCUT2D eigenvalue weighted by molar-refractivity contribution is 4.80. The van der Waals surface area contributed by atoms with Gasteiger partial charge in [0.15, 0.2) is 0 Å². The lowest BCUT2D eigenvalue weighted by Gasteiger charge is -2.35. The number of nitrogens with zero attached hydrogens (tertiary/aromatic N) is 1. The third-order valence-electron chi connectivity index (χ3n) is 2.44. The molecule has 0 aliphatic carbocycles. The molecule has 1 aliphatic rings. The van der Waals surface area contributed by atoms with Crippen molar-refractivity contribution in [1.29, 1.82) is 0 Å². The van der Waals surface area contributed by atoms with Gasteiger partial charge >= 0.3 is 0 Å². The molecule has 0 saturated carbocycles. The van der Waals surface area contributed by atoms with Crippen molar-refractivity contribution in [2.45, 2.75) is 38.3 Å². The zero-order valence-electron chi connectivity index (χ0n) is 6.88. The number of rotatable bonds is 1. The van der Waals surface area contributed by atoms with Crippen LogP contribution in [0.15, 0.2) is 0 Å². The van der Waals surface area contributed by atoms with E-state index in [1.165, 1.54) is 0 Å². The number of aliphatic hydroxyl groups excluding tert-OH is 1. The van der Waals surface area contributed by atoms with E-state index >= 15 is 0 Å². The van der Waals surface area contributed by atoms with E-state index in [1.807, 2.05) is 0 Å². The number of likely N-dealkylation sites (N-methyl/N-ethyl adjacent to an activating group) is 1. The van der Waals surface area contributed by atoms with E-state index < -0.39 is 0 Å². The average Bonchev–Trinajstić information content (AvgIpc) is 1.88. The maximum absolute atomic E-state index is 9.50. The van der Waals surface area contributed by atoms with Crippen molar-refractivity contribution in [2.75, 3.05) is 13.6 Å². The molecule has 2 unspecified atom stereocenters. The summed E-state index contributed by atoms with van der Waals surface area (Å²) in [5, 5.41) is 9.50. The van der Waals surface area contributed by atoms with Crippen molar-refractivity contribution in [1.82, 2.24) is 4.90 Å². The first-order valence-corrected chi connectivity index (χ1v) is 4.14. The van der Waals surface area contributed by atoms with Crippen LogP contribution in [0.4, 0.5) is 0 Å². The first-order chi connectivity index (χ1) is 4.75. The second-order valence-electron chi connectivity index (χ2n) is 3.17. The van der Waals surface area contributed by atoms with Crippen LogP contribution in [0.1, 0.15) is 26.2 Å². The van der Waals surface area contributed by atoms with Gasteiger partial charge in [-0.1, -0.05) is 6.92 Å². The van der Waals surface area contributed by atoms with Gasteiger partial charge in [-0.3, -0.25) is 0 Å². The fraction of sp³-hybridized carbons (Fsp3) is 1.00. The van der Waals surface area contributed by atoms with Crippen LogP contribution < -0.4 is 0 Å². The first kappa shape index (κ1) is 8.02. The Bertz CT molecular complexity index is 95.4. The molecular weight excluding hydrogens is 126 g/mol. The van der Waals surface area contributed by atoms with Crippen molar-refractivity contribution in [2.24, 2.45) is 0 Å². The molecule has 0 bridgehead atoms. The second-order valence-corrected chi connectivity index (χ2v) is 3.17. The highest BCUT2D eigenvalue weighted by Crippen LogP contribution is 2.17. The van der Waals surface area contributed by atoms with Crippen molar-refractivity contribution in [3.8, 4) is 0 Å². The molecule has 0 amide bonds. The van der Waals surface area contributed by atoms with Gasteiger partial charge in [0.2, 0.25) is 0 Å². The molecule has 1 rings (SSSR count). The predicted octanol–water partition coefficient (Wildman–Crippen LogP) is 0.851. The van der Waals surface area contributed by atoms with Crippen molar-refractivity contribution in [3.05, 3.63) is 0 Å². The van der Waals surface area contributed by atoms with Gasteiger partial charge in [-0.25, -0.2) is 0 Å². The molecule has 0 radical (unpaired) electrons. The summed E-state index contributed by atoms with van der Waals surface area (Å²) in [6, 6.07) is 0.411. The summed E-state index contributed by atoms with van der Waals surface area (Å²) in [4.78, 5) is 2.26. The van der Waals surface area contributed by atoms with E-state index in [1.54, 1.807) is 0 Å². The van der Waals surface area contributed by atoms with Crippen molar-refractivity contribution >= 4 is 0 Å². The van der Waals surface area contributed by atoms with Gasteiger partial charge in [0.1, 0.15) is 0 Å². The molecule has 1 aliphatic heterocycles. The minimum Gasteiger partial charge on any atom is -0.391 e. The molecule has 1 fully saturated rings. The lowest BCUT2D eigenvalue weighted by atomic mass is 9.98. The Kier molecular flexibility index (Phi) is 2.69. The van der Waals surface area contributed by atoms with E-state index in [0.717, 1.165) is 25.8 Å². The summed E-state index contributed by atoms with van der Waals surface area (Å²) in [6.45, 7) is 3.28. The molecule has 10 heavy (non-hydrogen) atoms. The van der Waals surface area contributed by atoms with Gasteiger partial charge in [0, 0.05) is 6.04 Å². The van der Waals surface area contributed by atoms with Gasteiger partial charge in [0.05, 0.1) is 6.10 Å². The van der Waals surface area contributed by atoms with Crippen LogP contribution in [0.25, 0.3) is 0 Å². The van der Waals surface area contributed by atoms with Gasteiger partial charge in [0.25, 0.3) is 0 Å². The highest BCUT2D eigenvalue weighted by Gasteiger charge is 2.25. The monoisotopic (exact) mass is 143 g/mol. The Morgan fingerprint density at radius 1 is 1.60 bits per heavy atom. The summed E-state index contributed by atoms with van der Waals surface area (Å²) < 4.78 is 0. The van der Waals surface area contributed by atoms with Crippen LogP contribution in [0.3, 0.4) is 0 Å². The molecule has 1 N–H and O–H groups in total. The maximum atomic E-state index is 9.50. The van der Waals surface area contributed by atoms with E-state index in [4.69, 9.17) is 0 Å². The Morgan fingerprint density at radius 3 is 2.70 bits per heavy atom. The van der Waals surface area contributed by atoms with Gasteiger partial charge < -0.3 is 10.0 Å². The van der Waals surface area contributed by atoms with Crippen LogP contribution in [-0.2, 0) is 0 Å². The molecule has 0 aromatic rings. The number of likely N-dealkylation sites (tertiary alicyclic amines) is 1. The summed E-state index contributed by atoms with van der Waals surface area (Å²) in [6.07, 6.45) is 3.12. The smallest absolute Gasteiger partial charge is 0.0695 e. The van der Waals surface area contributed by atoms with E-state index in [0.29, 0.717) is 6.04 Å². The van der Waals surface area contributed by atoms with Gasteiger partial charge in [-0.15, -0.1) is 0 Å². The second kappa shape index (κ2) is 3.35. The summed E-state index contributed by atoms with van der Waals surface area (Å²) in [5.41, 5.74) is 0. The van der Waals surface area contributed by atoms with Crippen LogP contribution in [0.2, 0.25) is 0 Å². The molecule has 0 aromatic carbocycles. The molecule has 0 spiro atoms. The number of hydrogen-bond acceptors (Lipinski definition) is 2. The number of aliphatic hydroxyl groups is 1. The minimum absolute atomic E-state index is 0.0799. The number of hydrogen-bond donors (Lipinski definition) is 1. The Labute approximate surface area is 62.8 Å². The van der Waals surface area contributed by atoms with E-state index in [9.17, 15) is 5.11 Å². The molecule has 0 aromatic heterocycles. The van der Waals surface area contributed by atoms with Crippen molar-refractivity contribution < 1.29 is 5.11 Å². The molecular formula is C8H17NO. The molecule has 2 nitrogen and oxygen atoms in total. The quantitative estimate of drug-likeness (QED) is 0.588.